The Balaban J connectivity index is 1.23. The standard InChI is InChI=1S/C26H22FN3O3/c27-20-11-7-18(8-12-20)26(32)30-15-3-4-19(16-30)24(31)28-21-13-9-17(10-14-21)25-29-22-5-1-2-6-23(22)33-25/h1-2,5-14,19H,3-4,15-16H2,(H,28,31)/t19-/m0/s1. The number of rotatable bonds is 4. The van der Waals surface area contributed by atoms with Crippen LogP contribution in [0.15, 0.2) is 77.2 Å². The van der Waals surface area contributed by atoms with E-state index in [-0.39, 0.29) is 23.5 Å². The number of piperidine rings is 1. The SMILES string of the molecule is O=C(Nc1ccc(-c2nc3ccccc3o2)cc1)[C@H]1CCCN(C(=O)c2ccc(F)cc2)C1. The number of nitrogens with one attached hydrogen (secondary N) is 1. The molecular weight excluding hydrogens is 421 g/mol. The minimum Gasteiger partial charge on any atom is -0.436 e. The van der Waals surface area contributed by atoms with Crippen molar-refractivity contribution in [2.45, 2.75) is 12.8 Å². The van der Waals surface area contributed by atoms with Crippen LogP contribution in [-0.4, -0.2) is 34.8 Å². The van der Waals surface area contributed by atoms with Crippen molar-refractivity contribution in [3.63, 3.8) is 0 Å². The van der Waals surface area contributed by atoms with Crippen molar-refractivity contribution in [3.8, 4) is 11.5 Å². The lowest BCUT2D eigenvalue weighted by Crippen LogP contribution is -2.43. The topological polar surface area (TPSA) is 75.4 Å². The van der Waals surface area contributed by atoms with Gasteiger partial charge in [-0.05, 0) is 73.5 Å². The number of amides is 2. The van der Waals surface area contributed by atoms with Gasteiger partial charge in [0, 0.05) is 29.9 Å². The maximum atomic E-state index is 13.2. The molecule has 1 N–H and O–H groups in total. The Morgan fingerprint density at radius 1 is 1.00 bits per heavy atom. The van der Waals surface area contributed by atoms with E-state index >= 15 is 0 Å². The molecule has 7 heteroatoms. The fourth-order valence-electron chi connectivity index (χ4n) is 4.09. The molecule has 1 fully saturated rings. The van der Waals surface area contributed by atoms with Gasteiger partial charge in [0.15, 0.2) is 5.58 Å². The summed E-state index contributed by atoms with van der Waals surface area (Å²) in [6.07, 6.45) is 1.45. The van der Waals surface area contributed by atoms with Gasteiger partial charge in [-0.3, -0.25) is 9.59 Å². The van der Waals surface area contributed by atoms with E-state index in [1.165, 1.54) is 24.3 Å². The van der Waals surface area contributed by atoms with Gasteiger partial charge in [-0.1, -0.05) is 12.1 Å². The zero-order valence-electron chi connectivity index (χ0n) is 17.8. The molecule has 2 amide bonds. The zero-order chi connectivity index (χ0) is 22.8. The quantitative estimate of drug-likeness (QED) is 0.475. The molecule has 5 rings (SSSR count). The number of halogens is 1. The summed E-state index contributed by atoms with van der Waals surface area (Å²) in [6, 6.07) is 20.4. The van der Waals surface area contributed by atoms with E-state index in [2.05, 4.69) is 10.3 Å². The van der Waals surface area contributed by atoms with E-state index in [0.717, 1.165) is 23.1 Å². The van der Waals surface area contributed by atoms with Gasteiger partial charge in [-0.15, -0.1) is 0 Å². The number of oxazole rings is 1. The van der Waals surface area contributed by atoms with Crippen LogP contribution in [0.3, 0.4) is 0 Å². The molecule has 1 atom stereocenters. The molecule has 0 spiro atoms. The van der Waals surface area contributed by atoms with Gasteiger partial charge >= 0.3 is 0 Å². The van der Waals surface area contributed by atoms with Crippen LogP contribution >= 0.6 is 0 Å². The smallest absolute Gasteiger partial charge is 0.253 e. The highest BCUT2D eigenvalue weighted by atomic mass is 19.1. The minimum atomic E-state index is -0.385. The van der Waals surface area contributed by atoms with Crippen molar-refractivity contribution in [2.24, 2.45) is 5.92 Å². The van der Waals surface area contributed by atoms with Crippen LogP contribution in [-0.2, 0) is 4.79 Å². The van der Waals surface area contributed by atoms with E-state index in [9.17, 15) is 14.0 Å². The van der Waals surface area contributed by atoms with Crippen molar-refractivity contribution in [2.75, 3.05) is 18.4 Å². The first-order valence-corrected chi connectivity index (χ1v) is 10.9. The third kappa shape index (κ3) is 4.48. The van der Waals surface area contributed by atoms with Gasteiger partial charge in [0.25, 0.3) is 5.91 Å². The largest absolute Gasteiger partial charge is 0.436 e. The van der Waals surface area contributed by atoms with Crippen LogP contribution in [0, 0.1) is 11.7 Å². The van der Waals surface area contributed by atoms with Crippen molar-refractivity contribution >= 4 is 28.6 Å². The predicted molar refractivity (Wildman–Crippen MR) is 123 cm³/mol. The normalized spacial score (nSPS) is 16.0. The maximum absolute atomic E-state index is 13.2. The van der Waals surface area contributed by atoms with Crippen molar-refractivity contribution in [1.29, 1.82) is 0 Å². The summed E-state index contributed by atoms with van der Waals surface area (Å²) in [5, 5.41) is 2.95. The fraction of sp³-hybridized carbons (Fsp3) is 0.192. The Kier molecular flexibility index (Phi) is 5.60. The first-order chi connectivity index (χ1) is 16.1. The third-order valence-corrected chi connectivity index (χ3v) is 5.86. The molecule has 0 unspecified atom stereocenters. The number of nitrogens with zero attached hydrogens (tertiary/aromatic N) is 2. The van der Waals surface area contributed by atoms with Gasteiger partial charge < -0.3 is 14.6 Å². The Labute approximate surface area is 190 Å². The Morgan fingerprint density at radius 2 is 1.76 bits per heavy atom. The summed E-state index contributed by atoms with van der Waals surface area (Å²) in [5.41, 5.74) is 3.43. The summed E-state index contributed by atoms with van der Waals surface area (Å²) < 4.78 is 18.9. The molecule has 1 saturated heterocycles. The highest BCUT2D eigenvalue weighted by Gasteiger charge is 2.29. The lowest BCUT2D eigenvalue weighted by atomic mass is 9.96. The number of hydrogen-bond acceptors (Lipinski definition) is 4. The molecule has 6 nitrogen and oxygen atoms in total. The molecular formula is C26H22FN3O3. The number of likely N-dealkylation sites (tertiary alicyclic amines) is 1. The van der Waals surface area contributed by atoms with E-state index in [1.807, 2.05) is 48.5 Å². The van der Waals surface area contributed by atoms with Crippen LogP contribution in [0.25, 0.3) is 22.6 Å². The third-order valence-electron chi connectivity index (χ3n) is 5.86. The summed E-state index contributed by atoms with van der Waals surface area (Å²) in [4.78, 5) is 31.7. The molecule has 0 aliphatic carbocycles. The van der Waals surface area contributed by atoms with Crippen molar-refractivity contribution in [1.82, 2.24) is 9.88 Å². The van der Waals surface area contributed by atoms with Gasteiger partial charge in [0.05, 0.1) is 5.92 Å². The summed E-state index contributed by atoms with van der Waals surface area (Å²) in [5.74, 6) is -0.475. The second-order valence-corrected chi connectivity index (χ2v) is 8.15. The van der Waals surface area contributed by atoms with Crippen LogP contribution in [0.4, 0.5) is 10.1 Å². The van der Waals surface area contributed by atoms with E-state index in [0.29, 0.717) is 36.7 Å². The molecule has 0 saturated carbocycles. The number of benzene rings is 3. The lowest BCUT2D eigenvalue weighted by molar-refractivity contribution is -0.121. The number of fused-ring (bicyclic) bond motifs is 1. The first kappa shape index (κ1) is 20.9. The first-order valence-electron chi connectivity index (χ1n) is 10.9. The van der Waals surface area contributed by atoms with Gasteiger partial charge in [-0.2, -0.15) is 0 Å². The van der Waals surface area contributed by atoms with E-state index < -0.39 is 0 Å². The minimum absolute atomic E-state index is 0.124. The molecule has 3 aromatic carbocycles. The Hall–Kier alpha value is -4.00. The zero-order valence-corrected chi connectivity index (χ0v) is 17.8. The van der Waals surface area contributed by atoms with Crippen LogP contribution in [0.5, 0.6) is 0 Å². The van der Waals surface area contributed by atoms with Gasteiger partial charge in [-0.25, -0.2) is 9.37 Å². The molecule has 0 radical (unpaired) electrons. The molecule has 33 heavy (non-hydrogen) atoms. The summed E-state index contributed by atoms with van der Waals surface area (Å²) >= 11 is 0. The maximum Gasteiger partial charge on any atom is 0.253 e. The summed E-state index contributed by atoms with van der Waals surface area (Å²) in [6.45, 7) is 0.919. The van der Waals surface area contributed by atoms with Crippen LogP contribution in [0.2, 0.25) is 0 Å². The summed E-state index contributed by atoms with van der Waals surface area (Å²) in [7, 11) is 0. The predicted octanol–water partition coefficient (Wildman–Crippen LogP) is 5.12. The fourth-order valence-corrected chi connectivity index (χ4v) is 4.09. The van der Waals surface area contributed by atoms with E-state index in [4.69, 9.17) is 4.42 Å². The average molecular weight is 443 g/mol. The second kappa shape index (κ2) is 8.86. The number of carbonyl (C=O) groups is 2. The number of para-hydroxylation sites is 2. The van der Waals surface area contributed by atoms with Crippen molar-refractivity contribution < 1.29 is 18.4 Å². The molecule has 1 aromatic heterocycles. The van der Waals surface area contributed by atoms with Crippen LogP contribution < -0.4 is 5.32 Å². The number of aromatic nitrogens is 1. The Morgan fingerprint density at radius 3 is 2.52 bits per heavy atom. The van der Waals surface area contributed by atoms with Crippen molar-refractivity contribution in [3.05, 3.63) is 84.2 Å². The molecule has 2 heterocycles. The number of hydrogen-bond donors (Lipinski definition) is 1. The molecule has 4 aromatic rings. The molecule has 1 aliphatic rings. The Bertz CT molecular complexity index is 1270. The second-order valence-electron chi connectivity index (χ2n) is 8.15. The lowest BCUT2D eigenvalue weighted by Gasteiger charge is -2.32. The molecule has 166 valence electrons. The van der Waals surface area contributed by atoms with Crippen LogP contribution in [0.1, 0.15) is 23.2 Å². The average Bonchev–Trinajstić information content (AvgIpc) is 3.29. The molecule has 0 bridgehead atoms. The number of anilines is 1. The monoisotopic (exact) mass is 443 g/mol. The number of carbonyl (C=O) groups excluding carboxylic acids is 2. The van der Waals surface area contributed by atoms with Gasteiger partial charge in [0.1, 0.15) is 11.3 Å². The highest BCUT2D eigenvalue weighted by Crippen LogP contribution is 2.26. The van der Waals surface area contributed by atoms with E-state index in [1.54, 1.807) is 4.90 Å². The molecule has 1 aliphatic heterocycles. The van der Waals surface area contributed by atoms with Gasteiger partial charge in [0.2, 0.25) is 11.8 Å². The highest BCUT2D eigenvalue weighted by molar-refractivity contribution is 5.96.